The molecular formula is C14H15ClN2O2. The zero-order chi connectivity index (χ0) is 14.0. The molecule has 1 aromatic heterocycles. The predicted octanol–water partition coefficient (Wildman–Crippen LogP) is 3.28. The van der Waals surface area contributed by atoms with Crippen LogP contribution in [0.2, 0.25) is 5.02 Å². The van der Waals surface area contributed by atoms with E-state index in [9.17, 15) is 4.79 Å². The number of aromatic nitrogens is 2. The summed E-state index contributed by atoms with van der Waals surface area (Å²) in [6.45, 7) is 3.78. The molecule has 0 bridgehead atoms. The molecule has 0 saturated carbocycles. The van der Waals surface area contributed by atoms with Crippen molar-refractivity contribution in [2.75, 3.05) is 0 Å². The summed E-state index contributed by atoms with van der Waals surface area (Å²) in [5, 5.41) is 13.6. The first-order valence-corrected chi connectivity index (χ1v) is 6.30. The number of benzene rings is 1. The van der Waals surface area contributed by atoms with E-state index in [1.54, 1.807) is 10.9 Å². The summed E-state index contributed by atoms with van der Waals surface area (Å²) < 4.78 is 1.68. The third-order valence-corrected chi connectivity index (χ3v) is 3.38. The molecule has 0 saturated heterocycles. The number of carbonyl (C=O) groups is 1. The number of hydrogen-bond acceptors (Lipinski definition) is 2. The molecule has 0 fully saturated rings. The summed E-state index contributed by atoms with van der Waals surface area (Å²) in [4.78, 5) is 10.9. The molecule has 2 rings (SSSR count). The average Bonchev–Trinajstić information content (AvgIpc) is 2.80. The molecule has 4 nitrogen and oxygen atoms in total. The van der Waals surface area contributed by atoms with Gasteiger partial charge in [-0.05, 0) is 23.8 Å². The van der Waals surface area contributed by atoms with Gasteiger partial charge >= 0.3 is 5.97 Å². The molecule has 0 spiro atoms. The highest BCUT2D eigenvalue weighted by atomic mass is 35.5. The first kappa shape index (κ1) is 13.6. The van der Waals surface area contributed by atoms with Gasteiger partial charge in [0.1, 0.15) is 0 Å². The number of aliphatic carboxylic acids is 1. The van der Waals surface area contributed by atoms with Crippen molar-refractivity contribution in [1.82, 2.24) is 9.78 Å². The number of rotatable bonds is 4. The van der Waals surface area contributed by atoms with Gasteiger partial charge in [0.15, 0.2) is 0 Å². The standard InChI is InChI=1S/C14H15ClN2O2/c1-14(2,9-13(18)19)10-4-5-12(11(15)8-10)17-7-3-6-16-17/h3-8H,9H2,1-2H3,(H,18,19). The van der Waals surface area contributed by atoms with E-state index in [1.165, 1.54) is 0 Å². The van der Waals surface area contributed by atoms with Crippen LogP contribution in [0.15, 0.2) is 36.7 Å². The minimum Gasteiger partial charge on any atom is -0.481 e. The van der Waals surface area contributed by atoms with Gasteiger partial charge in [-0.25, -0.2) is 4.68 Å². The molecular weight excluding hydrogens is 264 g/mol. The molecule has 1 aromatic carbocycles. The van der Waals surface area contributed by atoms with Crippen molar-refractivity contribution in [2.24, 2.45) is 0 Å². The Morgan fingerprint density at radius 1 is 1.47 bits per heavy atom. The minimum atomic E-state index is -0.822. The fourth-order valence-corrected chi connectivity index (χ4v) is 2.27. The maximum Gasteiger partial charge on any atom is 0.304 e. The third kappa shape index (κ3) is 2.96. The third-order valence-electron chi connectivity index (χ3n) is 3.07. The maximum absolute atomic E-state index is 10.9. The molecule has 2 aromatic rings. The van der Waals surface area contributed by atoms with Crippen LogP contribution in [-0.4, -0.2) is 20.9 Å². The van der Waals surface area contributed by atoms with Crippen LogP contribution in [0.3, 0.4) is 0 Å². The molecule has 1 N–H and O–H groups in total. The normalized spacial score (nSPS) is 11.5. The van der Waals surface area contributed by atoms with Crippen LogP contribution in [0.4, 0.5) is 0 Å². The molecule has 5 heteroatoms. The Labute approximate surface area is 116 Å². The average molecular weight is 279 g/mol. The molecule has 0 amide bonds. The van der Waals surface area contributed by atoms with E-state index in [0.29, 0.717) is 5.02 Å². The Bertz CT molecular complexity index is 591. The molecule has 0 radical (unpaired) electrons. The van der Waals surface area contributed by atoms with Gasteiger partial charge in [-0.1, -0.05) is 31.5 Å². The van der Waals surface area contributed by atoms with Crippen LogP contribution >= 0.6 is 11.6 Å². The van der Waals surface area contributed by atoms with Gasteiger partial charge < -0.3 is 5.11 Å². The van der Waals surface area contributed by atoms with Gasteiger partial charge in [0.05, 0.1) is 17.1 Å². The van der Waals surface area contributed by atoms with Crippen molar-refractivity contribution >= 4 is 17.6 Å². The predicted molar refractivity (Wildman–Crippen MR) is 73.9 cm³/mol. The molecule has 100 valence electrons. The van der Waals surface area contributed by atoms with E-state index < -0.39 is 11.4 Å². The van der Waals surface area contributed by atoms with E-state index >= 15 is 0 Å². The summed E-state index contributed by atoms with van der Waals surface area (Å²) in [7, 11) is 0. The highest BCUT2D eigenvalue weighted by Crippen LogP contribution is 2.31. The first-order valence-electron chi connectivity index (χ1n) is 5.92. The Hall–Kier alpha value is -1.81. The van der Waals surface area contributed by atoms with E-state index in [4.69, 9.17) is 16.7 Å². The van der Waals surface area contributed by atoms with Crippen LogP contribution in [0.1, 0.15) is 25.8 Å². The minimum absolute atomic E-state index is 0.0600. The second kappa shape index (κ2) is 5.05. The zero-order valence-corrected chi connectivity index (χ0v) is 11.6. The van der Waals surface area contributed by atoms with E-state index in [-0.39, 0.29) is 6.42 Å². The summed E-state index contributed by atoms with van der Waals surface area (Å²) in [5.74, 6) is -0.822. The van der Waals surface area contributed by atoms with Gasteiger partial charge in [-0.2, -0.15) is 5.10 Å². The lowest BCUT2D eigenvalue weighted by Gasteiger charge is -2.23. The second-order valence-electron chi connectivity index (χ2n) is 5.07. The van der Waals surface area contributed by atoms with Crippen molar-refractivity contribution in [2.45, 2.75) is 25.7 Å². The Kier molecular flexibility index (Phi) is 3.62. The summed E-state index contributed by atoms with van der Waals surface area (Å²) >= 11 is 6.26. The van der Waals surface area contributed by atoms with Gasteiger partial charge in [0.25, 0.3) is 0 Å². The SMILES string of the molecule is CC(C)(CC(=O)O)c1ccc(-n2cccn2)c(Cl)c1. The summed E-state index contributed by atoms with van der Waals surface area (Å²) in [6.07, 6.45) is 3.55. The molecule has 0 aliphatic rings. The largest absolute Gasteiger partial charge is 0.481 e. The molecule has 0 unspecified atom stereocenters. The second-order valence-corrected chi connectivity index (χ2v) is 5.48. The lowest BCUT2D eigenvalue weighted by atomic mass is 9.81. The summed E-state index contributed by atoms with van der Waals surface area (Å²) in [6, 6.07) is 7.38. The fraction of sp³-hybridized carbons (Fsp3) is 0.286. The van der Waals surface area contributed by atoms with Gasteiger partial charge in [-0.3, -0.25) is 4.79 Å². The molecule has 0 atom stereocenters. The van der Waals surface area contributed by atoms with Crippen LogP contribution in [0.5, 0.6) is 0 Å². The van der Waals surface area contributed by atoms with Crippen LogP contribution in [0, 0.1) is 0 Å². The highest BCUT2D eigenvalue weighted by molar-refractivity contribution is 6.32. The lowest BCUT2D eigenvalue weighted by Crippen LogP contribution is -2.21. The molecule has 19 heavy (non-hydrogen) atoms. The molecule has 0 aliphatic heterocycles. The van der Waals surface area contributed by atoms with Crippen molar-refractivity contribution < 1.29 is 9.90 Å². The number of nitrogens with zero attached hydrogens (tertiary/aromatic N) is 2. The van der Waals surface area contributed by atoms with Gasteiger partial charge in [0, 0.05) is 17.8 Å². The van der Waals surface area contributed by atoms with Gasteiger partial charge in [0.2, 0.25) is 0 Å². The number of hydrogen-bond donors (Lipinski definition) is 1. The quantitative estimate of drug-likeness (QED) is 0.934. The van der Waals surface area contributed by atoms with Crippen LogP contribution in [-0.2, 0) is 10.2 Å². The fourth-order valence-electron chi connectivity index (χ4n) is 2.01. The number of carboxylic acids is 1. The van der Waals surface area contributed by atoms with Crippen molar-refractivity contribution in [1.29, 1.82) is 0 Å². The number of carboxylic acid groups (broad SMARTS) is 1. The van der Waals surface area contributed by atoms with Crippen molar-refractivity contribution in [3.63, 3.8) is 0 Å². The zero-order valence-electron chi connectivity index (χ0n) is 10.8. The summed E-state index contributed by atoms with van der Waals surface area (Å²) in [5.41, 5.74) is 1.22. The monoisotopic (exact) mass is 278 g/mol. The Balaban J connectivity index is 2.36. The number of halogens is 1. The molecule has 1 heterocycles. The van der Waals surface area contributed by atoms with Crippen LogP contribution in [0.25, 0.3) is 5.69 Å². The van der Waals surface area contributed by atoms with Crippen LogP contribution < -0.4 is 0 Å². The van der Waals surface area contributed by atoms with Crippen molar-refractivity contribution in [3.05, 3.63) is 47.2 Å². The van der Waals surface area contributed by atoms with E-state index in [1.807, 2.05) is 44.3 Å². The Morgan fingerprint density at radius 3 is 2.74 bits per heavy atom. The lowest BCUT2D eigenvalue weighted by molar-refractivity contribution is -0.138. The smallest absolute Gasteiger partial charge is 0.304 e. The van der Waals surface area contributed by atoms with E-state index in [0.717, 1.165) is 11.3 Å². The topological polar surface area (TPSA) is 55.1 Å². The van der Waals surface area contributed by atoms with Crippen molar-refractivity contribution in [3.8, 4) is 5.69 Å². The maximum atomic E-state index is 10.9. The van der Waals surface area contributed by atoms with E-state index in [2.05, 4.69) is 5.10 Å². The first-order chi connectivity index (χ1) is 8.90. The van der Waals surface area contributed by atoms with Gasteiger partial charge in [-0.15, -0.1) is 0 Å². The Morgan fingerprint density at radius 2 is 2.21 bits per heavy atom. The molecule has 0 aliphatic carbocycles. The highest BCUT2D eigenvalue weighted by Gasteiger charge is 2.24.